The molecule has 22 heavy (non-hydrogen) atoms. The zero-order valence-corrected chi connectivity index (χ0v) is 13.9. The van der Waals surface area contributed by atoms with E-state index in [0.29, 0.717) is 11.7 Å². The lowest BCUT2D eigenvalue weighted by Crippen LogP contribution is -2.39. The molecule has 0 aliphatic heterocycles. The number of aromatic nitrogens is 1. The van der Waals surface area contributed by atoms with E-state index in [1.807, 2.05) is 63.2 Å². The van der Waals surface area contributed by atoms with Gasteiger partial charge in [-0.1, -0.05) is 24.3 Å². The largest absolute Gasteiger partial charge is 0.491 e. The lowest BCUT2D eigenvalue weighted by atomic mass is 10.2. The molecule has 0 saturated carbocycles. The first-order chi connectivity index (χ1) is 10.5. The van der Waals surface area contributed by atoms with Crippen LogP contribution >= 0.6 is 12.2 Å². The molecule has 1 atom stereocenters. The first-order valence-corrected chi connectivity index (χ1v) is 7.65. The van der Waals surface area contributed by atoms with Gasteiger partial charge in [-0.05, 0) is 56.8 Å². The number of pyridine rings is 1. The number of ether oxygens (including phenoxy) is 1. The Hall–Kier alpha value is -2.14. The van der Waals surface area contributed by atoms with Crippen molar-refractivity contribution in [2.75, 3.05) is 11.9 Å². The number of hydrogen-bond acceptors (Lipinski definition) is 3. The van der Waals surface area contributed by atoms with Crippen molar-refractivity contribution in [2.45, 2.75) is 26.8 Å². The second-order valence-electron chi connectivity index (χ2n) is 5.24. The lowest BCUT2D eigenvalue weighted by Gasteiger charge is -2.18. The van der Waals surface area contributed by atoms with Crippen LogP contribution in [0.1, 0.15) is 18.2 Å². The monoisotopic (exact) mass is 315 g/mol. The standard InChI is InChI=1S/C17H21N3OS/c1-12-7-4-5-9-15(12)21-11-14(3)19-17(22)20-16-10-6-8-13(2)18-16/h4-10,14H,11H2,1-3H3,(H2,18,19,20,22). The lowest BCUT2D eigenvalue weighted by molar-refractivity contribution is 0.285. The number of nitrogens with one attached hydrogen (secondary N) is 2. The zero-order chi connectivity index (χ0) is 15.9. The van der Waals surface area contributed by atoms with Crippen LogP contribution in [-0.4, -0.2) is 22.7 Å². The molecule has 0 amide bonds. The molecule has 0 aliphatic rings. The summed E-state index contributed by atoms with van der Waals surface area (Å²) in [5.74, 6) is 1.64. The molecule has 116 valence electrons. The van der Waals surface area contributed by atoms with Crippen LogP contribution in [0.3, 0.4) is 0 Å². The van der Waals surface area contributed by atoms with Gasteiger partial charge in [-0.15, -0.1) is 0 Å². The van der Waals surface area contributed by atoms with Crippen molar-refractivity contribution >= 4 is 23.1 Å². The maximum Gasteiger partial charge on any atom is 0.172 e. The Morgan fingerprint density at radius 2 is 1.95 bits per heavy atom. The van der Waals surface area contributed by atoms with Crippen molar-refractivity contribution in [3.05, 3.63) is 53.7 Å². The van der Waals surface area contributed by atoms with Gasteiger partial charge in [0.25, 0.3) is 0 Å². The molecule has 1 heterocycles. The van der Waals surface area contributed by atoms with Crippen LogP contribution in [0.4, 0.5) is 5.82 Å². The van der Waals surface area contributed by atoms with E-state index in [2.05, 4.69) is 15.6 Å². The fourth-order valence-corrected chi connectivity index (χ4v) is 2.27. The molecule has 0 aliphatic carbocycles. The van der Waals surface area contributed by atoms with E-state index in [9.17, 15) is 0 Å². The van der Waals surface area contributed by atoms with Crippen LogP contribution in [0.15, 0.2) is 42.5 Å². The van der Waals surface area contributed by atoms with Gasteiger partial charge in [0.05, 0.1) is 6.04 Å². The van der Waals surface area contributed by atoms with Gasteiger partial charge >= 0.3 is 0 Å². The van der Waals surface area contributed by atoms with Gasteiger partial charge in [0.15, 0.2) is 5.11 Å². The van der Waals surface area contributed by atoms with Gasteiger partial charge in [-0.25, -0.2) is 4.98 Å². The third-order valence-electron chi connectivity index (χ3n) is 3.09. The summed E-state index contributed by atoms with van der Waals surface area (Å²) in [4.78, 5) is 4.36. The summed E-state index contributed by atoms with van der Waals surface area (Å²) in [7, 11) is 0. The Kier molecular flexibility index (Phi) is 5.72. The Balaban J connectivity index is 1.80. The highest BCUT2D eigenvalue weighted by molar-refractivity contribution is 7.80. The third-order valence-corrected chi connectivity index (χ3v) is 3.31. The maximum absolute atomic E-state index is 5.80. The average molecular weight is 315 g/mol. The molecule has 2 rings (SSSR count). The van der Waals surface area contributed by atoms with Gasteiger partial charge in [0, 0.05) is 5.69 Å². The van der Waals surface area contributed by atoms with Gasteiger partial charge < -0.3 is 15.4 Å². The van der Waals surface area contributed by atoms with Crippen LogP contribution in [-0.2, 0) is 0 Å². The summed E-state index contributed by atoms with van der Waals surface area (Å²) in [6.45, 7) is 6.53. The van der Waals surface area contributed by atoms with Crippen molar-refractivity contribution in [3.8, 4) is 5.75 Å². The normalized spacial score (nSPS) is 11.6. The van der Waals surface area contributed by atoms with E-state index in [1.54, 1.807) is 0 Å². The van der Waals surface area contributed by atoms with Crippen LogP contribution in [0.25, 0.3) is 0 Å². The van der Waals surface area contributed by atoms with Gasteiger partial charge in [-0.2, -0.15) is 0 Å². The summed E-state index contributed by atoms with van der Waals surface area (Å²) in [6, 6.07) is 13.8. The number of thiocarbonyl (C=S) groups is 1. The molecular formula is C17H21N3OS. The van der Waals surface area contributed by atoms with Crippen LogP contribution in [0.2, 0.25) is 0 Å². The Labute approximate surface area is 136 Å². The molecule has 5 heteroatoms. The minimum Gasteiger partial charge on any atom is -0.491 e. The van der Waals surface area contributed by atoms with Crippen LogP contribution in [0, 0.1) is 13.8 Å². The van der Waals surface area contributed by atoms with Crippen LogP contribution < -0.4 is 15.4 Å². The Morgan fingerprint density at radius 1 is 1.18 bits per heavy atom. The molecular weight excluding hydrogens is 294 g/mol. The van der Waals surface area contributed by atoms with Gasteiger partial charge in [0.1, 0.15) is 18.2 Å². The van der Waals surface area contributed by atoms with E-state index >= 15 is 0 Å². The van der Waals surface area contributed by atoms with Crippen molar-refractivity contribution in [2.24, 2.45) is 0 Å². The van der Waals surface area contributed by atoms with Crippen molar-refractivity contribution in [3.63, 3.8) is 0 Å². The number of benzene rings is 1. The highest BCUT2D eigenvalue weighted by atomic mass is 32.1. The highest BCUT2D eigenvalue weighted by Gasteiger charge is 2.07. The fourth-order valence-electron chi connectivity index (χ4n) is 1.96. The quantitative estimate of drug-likeness (QED) is 0.828. The Bertz CT molecular complexity index is 645. The highest BCUT2D eigenvalue weighted by Crippen LogP contribution is 2.16. The van der Waals surface area contributed by atoms with Gasteiger partial charge in [0.2, 0.25) is 0 Å². The van der Waals surface area contributed by atoms with E-state index in [1.165, 1.54) is 0 Å². The summed E-state index contributed by atoms with van der Waals surface area (Å²) in [5, 5.41) is 6.81. The molecule has 0 bridgehead atoms. The molecule has 0 spiro atoms. The summed E-state index contributed by atoms with van der Waals surface area (Å²) < 4.78 is 5.80. The first kappa shape index (κ1) is 16.2. The third kappa shape index (κ3) is 5.00. The van der Waals surface area contributed by atoms with E-state index in [0.717, 1.165) is 22.8 Å². The topological polar surface area (TPSA) is 46.2 Å². The maximum atomic E-state index is 5.80. The Morgan fingerprint density at radius 3 is 2.68 bits per heavy atom. The number of aryl methyl sites for hydroxylation is 2. The molecule has 2 N–H and O–H groups in total. The molecule has 1 unspecified atom stereocenters. The number of para-hydroxylation sites is 1. The van der Waals surface area contributed by atoms with E-state index in [4.69, 9.17) is 17.0 Å². The predicted molar refractivity (Wildman–Crippen MR) is 94.5 cm³/mol. The van der Waals surface area contributed by atoms with E-state index in [-0.39, 0.29) is 6.04 Å². The predicted octanol–water partition coefficient (Wildman–Crippen LogP) is 3.45. The van der Waals surface area contributed by atoms with Gasteiger partial charge in [-0.3, -0.25) is 0 Å². The molecule has 0 saturated heterocycles. The van der Waals surface area contributed by atoms with E-state index < -0.39 is 0 Å². The number of nitrogens with zero attached hydrogens (tertiary/aromatic N) is 1. The second kappa shape index (κ2) is 7.75. The minimum atomic E-state index is 0.0874. The average Bonchev–Trinajstić information content (AvgIpc) is 2.46. The molecule has 4 nitrogen and oxygen atoms in total. The number of hydrogen-bond donors (Lipinski definition) is 2. The zero-order valence-electron chi connectivity index (χ0n) is 13.1. The van der Waals surface area contributed by atoms with Crippen molar-refractivity contribution in [1.82, 2.24) is 10.3 Å². The first-order valence-electron chi connectivity index (χ1n) is 7.24. The fraction of sp³-hybridized carbons (Fsp3) is 0.294. The molecule has 1 aromatic heterocycles. The van der Waals surface area contributed by atoms with Crippen LogP contribution in [0.5, 0.6) is 5.75 Å². The number of rotatable bonds is 5. The van der Waals surface area contributed by atoms with Crippen molar-refractivity contribution in [1.29, 1.82) is 0 Å². The summed E-state index contributed by atoms with van der Waals surface area (Å²) in [6.07, 6.45) is 0. The molecule has 0 radical (unpaired) electrons. The SMILES string of the molecule is Cc1cccc(NC(=S)NC(C)COc2ccccc2C)n1. The second-order valence-corrected chi connectivity index (χ2v) is 5.65. The molecule has 2 aromatic rings. The molecule has 1 aromatic carbocycles. The number of anilines is 1. The molecule has 0 fully saturated rings. The minimum absolute atomic E-state index is 0.0874. The summed E-state index contributed by atoms with van der Waals surface area (Å²) in [5.41, 5.74) is 2.07. The van der Waals surface area contributed by atoms with Crippen molar-refractivity contribution < 1.29 is 4.74 Å². The smallest absolute Gasteiger partial charge is 0.172 e. The summed E-state index contributed by atoms with van der Waals surface area (Å²) >= 11 is 5.29.